The van der Waals surface area contributed by atoms with Crippen LogP contribution in [0.5, 0.6) is 0 Å². The Balaban J connectivity index is 1.91. The van der Waals surface area contributed by atoms with E-state index in [4.69, 9.17) is 0 Å². The molecule has 5 nitrogen and oxygen atoms in total. The first-order valence-corrected chi connectivity index (χ1v) is 7.28. The van der Waals surface area contributed by atoms with E-state index in [1.54, 1.807) is 4.90 Å². The van der Waals surface area contributed by atoms with E-state index in [1.165, 1.54) is 4.90 Å². The number of benzene rings is 1. The van der Waals surface area contributed by atoms with E-state index in [0.29, 0.717) is 19.5 Å². The van der Waals surface area contributed by atoms with Crippen molar-refractivity contribution in [2.24, 2.45) is 5.41 Å². The lowest BCUT2D eigenvalue weighted by Crippen LogP contribution is -2.49. The van der Waals surface area contributed by atoms with Gasteiger partial charge in [-0.3, -0.25) is 4.90 Å². The summed E-state index contributed by atoms with van der Waals surface area (Å²) in [5.41, 5.74) is 1.77. The number of aliphatic carboxylic acids is 1. The molecule has 3 rings (SSSR count). The van der Waals surface area contributed by atoms with Gasteiger partial charge in [0.1, 0.15) is 6.04 Å². The average Bonchev–Trinajstić information content (AvgIpc) is 2.98. The highest BCUT2D eigenvalue weighted by atomic mass is 16.4. The molecule has 2 aliphatic rings. The van der Waals surface area contributed by atoms with E-state index in [1.807, 2.05) is 24.3 Å². The van der Waals surface area contributed by atoms with Crippen LogP contribution in [0.1, 0.15) is 25.8 Å². The van der Waals surface area contributed by atoms with Crippen LogP contribution in [0.4, 0.5) is 10.5 Å². The van der Waals surface area contributed by atoms with Crippen molar-refractivity contribution in [3.05, 3.63) is 29.8 Å². The van der Waals surface area contributed by atoms with Crippen LogP contribution in [0.15, 0.2) is 24.3 Å². The molecule has 1 N–H and O–H groups in total. The van der Waals surface area contributed by atoms with Gasteiger partial charge in [0.25, 0.3) is 0 Å². The quantitative estimate of drug-likeness (QED) is 0.863. The van der Waals surface area contributed by atoms with Crippen LogP contribution in [-0.2, 0) is 11.2 Å². The van der Waals surface area contributed by atoms with Gasteiger partial charge in [-0.1, -0.05) is 32.0 Å². The molecule has 5 heteroatoms. The number of amides is 2. The molecule has 2 heterocycles. The average molecular weight is 288 g/mol. The van der Waals surface area contributed by atoms with E-state index >= 15 is 0 Å². The van der Waals surface area contributed by atoms with Crippen molar-refractivity contribution in [1.82, 2.24) is 4.90 Å². The number of nitrogens with zero attached hydrogens (tertiary/aromatic N) is 2. The number of hydrogen-bond donors (Lipinski definition) is 1. The molecule has 0 aromatic heterocycles. The molecule has 1 aromatic rings. The third-order valence-electron chi connectivity index (χ3n) is 4.42. The van der Waals surface area contributed by atoms with Gasteiger partial charge in [0.2, 0.25) is 0 Å². The first-order chi connectivity index (χ1) is 9.89. The summed E-state index contributed by atoms with van der Waals surface area (Å²) in [7, 11) is 0. The second kappa shape index (κ2) is 4.76. The van der Waals surface area contributed by atoms with Crippen LogP contribution in [0.2, 0.25) is 0 Å². The molecule has 2 amide bonds. The smallest absolute Gasteiger partial charge is 0.327 e. The molecule has 112 valence electrons. The summed E-state index contributed by atoms with van der Waals surface area (Å²) in [6, 6.07) is 6.47. The van der Waals surface area contributed by atoms with E-state index in [-0.39, 0.29) is 11.4 Å². The first kappa shape index (κ1) is 13.9. The second-order valence-corrected chi connectivity index (χ2v) is 6.68. The molecule has 1 aromatic carbocycles. The van der Waals surface area contributed by atoms with Crippen LogP contribution < -0.4 is 4.90 Å². The maximum Gasteiger partial charge on any atom is 0.327 e. The number of anilines is 1. The summed E-state index contributed by atoms with van der Waals surface area (Å²) in [6.07, 6.45) is 1.33. The number of hydrogen-bond acceptors (Lipinski definition) is 2. The van der Waals surface area contributed by atoms with Crippen molar-refractivity contribution in [2.75, 3.05) is 18.0 Å². The van der Waals surface area contributed by atoms with Crippen molar-refractivity contribution in [3.63, 3.8) is 0 Å². The number of rotatable bonds is 1. The Bertz CT molecular complexity index is 597. The Morgan fingerprint density at radius 3 is 2.62 bits per heavy atom. The van der Waals surface area contributed by atoms with Crippen molar-refractivity contribution >= 4 is 17.7 Å². The Morgan fingerprint density at radius 2 is 2.00 bits per heavy atom. The number of likely N-dealkylation sites (tertiary alicyclic amines) is 1. The highest BCUT2D eigenvalue weighted by Crippen LogP contribution is 2.35. The van der Waals surface area contributed by atoms with Crippen LogP contribution in [0.25, 0.3) is 0 Å². The molecule has 0 unspecified atom stereocenters. The number of carbonyl (C=O) groups is 2. The largest absolute Gasteiger partial charge is 0.480 e. The summed E-state index contributed by atoms with van der Waals surface area (Å²) in [6.45, 7) is 5.63. The minimum atomic E-state index is -0.946. The van der Waals surface area contributed by atoms with Crippen LogP contribution in [0, 0.1) is 5.41 Å². The molecule has 0 saturated carbocycles. The maximum absolute atomic E-state index is 12.8. The zero-order chi connectivity index (χ0) is 15.2. The van der Waals surface area contributed by atoms with Crippen molar-refractivity contribution in [1.29, 1.82) is 0 Å². The highest BCUT2D eigenvalue weighted by molar-refractivity contribution is 6.01. The minimum absolute atomic E-state index is 0.105. The SMILES string of the molecule is CC1(C)CCN(C(=O)N2c3ccccc3C[C@H]2C(=O)O)C1. The Labute approximate surface area is 124 Å². The van der Waals surface area contributed by atoms with Crippen LogP contribution in [0.3, 0.4) is 0 Å². The lowest BCUT2D eigenvalue weighted by molar-refractivity contribution is -0.138. The predicted octanol–water partition coefficient (Wildman–Crippen LogP) is 2.35. The van der Waals surface area contributed by atoms with Gasteiger partial charge < -0.3 is 10.0 Å². The molecule has 21 heavy (non-hydrogen) atoms. The molecule has 1 saturated heterocycles. The molecule has 0 radical (unpaired) electrons. The molecule has 0 aliphatic carbocycles. The zero-order valence-electron chi connectivity index (χ0n) is 12.4. The fraction of sp³-hybridized carbons (Fsp3) is 0.500. The van der Waals surface area contributed by atoms with Gasteiger partial charge >= 0.3 is 12.0 Å². The summed E-state index contributed by atoms with van der Waals surface area (Å²) < 4.78 is 0. The number of urea groups is 1. The van der Waals surface area contributed by atoms with Gasteiger partial charge in [-0.25, -0.2) is 9.59 Å². The molecule has 0 bridgehead atoms. The van der Waals surface area contributed by atoms with Crippen molar-refractivity contribution in [2.45, 2.75) is 32.7 Å². The van der Waals surface area contributed by atoms with Gasteiger partial charge in [0.05, 0.1) is 0 Å². The monoisotopic (exact) mass is 288 g/mol. The lowest BCUT2D eigenvalue weighted by atomic mass is 9.93. The summed E-state index contributed by atoms with van der Waals surface area (Å²) in [5, 5.41) is 9.44. The molecule has 1 fully saturated rings. The lowest BCUT2D eigenvalue weighted by Gasteiger charge is -2.29. The molecule has 0 spiro atoms. The van der Waals surface area contributed by atoms with E-state index < -0.39 is 12.0 Å². The van der Waals surface area contributed by atoms with E-state index in [9.17, 15) is 14.7 Å². The second-order valence-electron chi connectivity index (χ2n) is 6.68. The number of fused-ring (bicyclic) bond motifs is 1. The van der Waals surface area contributed by atoms with Gasteiger partial charge in [0.15, 0.2) is 0 Å². The van der Waals surface area contributed by atoms with E-state index in [0.717, 1.165) is 17.7 Å². The van der Waals surface area contributed by atoms with Crippen molar-refractivity contribution < 1.29 is 14.7 Å². The molecular formula is C16H20N2O3. The van der Waals surface area contributed by atoms with Crippen LogP contribution in [-0.4, -0.2) is 41.1 Å². The first-order valence-electron chi connectivity index (χ1n) is 7.28. The number of para-hydroxylation sites is 1. The Kier molecular flexibility index (Phi) is 3.15. The van der Waals surface area contributed by atoms with Gasteiger partial charge in [-0.2, -0.15) is 0 Å². The third kappa shape index (κ3) is 2.37. The summed E-state index contributed by atoms with van der Waals surface area (Å²) >= 11 is 0. The fourth-order valence-electron chi connectivity index (χ4n) is 3.25. The number of carboxylic acid groups (broad SMARTS) is 1. The number of carbonyl (C=O) groups excluding carboxylic acids is 1. The maximum atomic E-state index is 12.8. The predicted molar refractivity (Wildman–Crippen MR) is 79.4 cm³/mol. The summed E-state index contributed by atoms with van der Waals surface area (Å²) in [4.78, 5) is 27.5. The summed E-state index contributed by atoms with van der Waals surface area (Å²) in [5.74, 6) is -0.946. The van der Waals surface area contributed by atoms with Crippen LogP contribution >= 0.6 is 0 Å². The third-order valence-corrected chi connectivity index (χ3v) is 4.42. The zero-order valence-corrected chi connectivity index (χ0v) is 12.4. The molecule has 2 aliphatic heterocycles. The fourth-order valence-corrected chi connectivity index (χ4v) is 3.25. The number of carboxylic acids is 1. The Morgan fingerprint density at radius 1 is 1.29 bits per heavy atom. The molecule has 1 atom stereocenters. The van der Waals surface area contributed by atoms with Gasteiger partial charge in [-0.05, 0) is 23.5 Å². The Hall–Kier alpha value is -2.04. The standard InChI is InChI=1S/C16H20N2O3/c1-16(2)7-8-17(10-16)15(21)18-12-6-4-3-5-11(12)9-13(18)14(19)20/h3-6,13H,7-10H2,1-2H3,(H,19,20)/t13-/m0/s1. The highest BCUT2D eigenvalue weighted by Gasteiger charge is 2.42. The van der Waals surface area contributed by atoms with Crippen molar-refractivity contribution in [3.8, 4) is 0 Å². The molecular weight excluding hydrogens is 268 g/mol. The minimum Gasteiger partial charge on any atom is -0.480 e. The van der Waals surface area contributed by atoms with Gasteiger partial charge in [0, 0.05) is 25.2 Å². The topological polar surface area (TPSA) is 60.9 Å². The van der Waals surface area contributed by atoms with E-state index in [2.05, 4.69) is 13.8 Å². The normalized spacial score (nSPS) is 23.2. The van der Waals surface area contributed by atoms with Gasteiger partial charge in [-0.15, -0.1) is 0 Å².